The molecule has 1 aliphatic heterocycles. The Morgan fingerprint density at radius 1 is 1.29 bits per heavy atom. The van der Waals surface area contributed by atoms with Gasteiger partial charge in [-0.25, -0.2) is 4.39 Å². The van der Waals surface area contributed by atoms with Crippen LogP contribution in [0.3, 0.4) is 0 Å². The van der Waals surface area contributed by atoms with Gasteiger partial charge < -0.3 is 19.3 Å². The van der Waals surface area contributed by atoms with E-state index in [0.717, 1.165) is 6.42 Å². The van der Waals surface area contributed by atoms with Gasteiger partial charge in [-0.1, -0.05) is 31.9 Å². The second-order valence-electron chi connectivity index (χ2n) is 11.4. The maximum absolute atomic E-state index is 17.3. The molecule has 7 nitrogen and oxygen atoms in total. The number of ketones is 2. The van der Waals surface area contributed by atoms with Gasteiger partial charge in [0.25, 0.3) is 0 Å². The Balaban J connectivity index is 1.57. The summed E-state index contributed by atoms with van der Waals surface area (Å²) in [5.41, 5.74) is -4.74. The van der Waals surface area contributed by atoms with Gasteiger partial charge in [-0.15, -0.1) is 0 Å². The first-order valence-corrected chi connectivity index (χ1v) is 12.7. The Hall–Kier alpha value is -1.90. The zero-order valence-corrected chi connectivity index (χ0v) is 20.8. The summed E-state index contributed by atoms with van der Waals surface area (Å²) in [7, 11) is 0. The van der Waals surface area contributed by atoms with E-state index < -0.39 is 64.9 Å². The molecule has 0 aromatic carbocycles. The summed E-state index contributed by atoms with van der Waals surface area (Å²) in [5.74, 6) is -1.99. The third kappa shape index (κ3) is 3.08. The van der Waals surface area contributed by atoms with Crippen molar-refractivity contribution in [2.24, 2.45) is 22.7 Å². The zero-order valence-electron chi connectivity index (χ0n) is 20.8. The lowest BCUT2D eigenvalue weighted by atomic mass is 9.44. The third-order valence-corrected chi connectivity index (χ3v) is 9.78. The molecule has 0 aromatic rings. The lowest BCUT2D eigenvalue weighted by Gasteiger charge is -2.62. The fraction of sp³-hybridized carbons (Fsp3) is 0.741. The summed E-state index contributed by atoms with van der Waals surface area (Å²) in [6, 6.07) is 0. The Kier molecular flexibility index (Phi) is 5.70. The van der Waals surface area contributed by atoms with E-state index in [0.29, 0.717) is 31.3 Å². The maximum Gasteiger partial charge on any atom is 0.303 e. The summed E-state index contributed by atoms with van der Waals surface area (Å²) in [6.45, 7) is 6.45. The van der Waals surface area contributed by atoms with E-state index in [2.05, 4.69) is 0 Å². The van der Waals surface area contributed by atoms with Crippen molar-refractivity contribution in [3.8, 4) is 0 Å². The number of ether oxygens (including phenoxy) is 3. The third-order valence-electron chi connectivity index (χ3n) is 9.78. The second kappa shape index (κ2) is 8.05. The van der Waals surface area contributed by atoms with E-state index in [1.807, 2.05) is 13.8 Å². The molecule has 0 bridgehead atoms. The summed E-state index contributed by atoms with van der Waals surface area (Å²) in [4.78, 5) is 37.2. The van der Waals surface area contributed by atoms with Crippen molar-refractivity contribution in [3.63, 3.8) is 0 Å². The van der Waals surface area contributed by atoms with Crippen LogP contribution < -0.4 is 0 Å². The van der Waals surface area contributed by atoms with Crippen molar-refractivity contribution >= 4 is 17.5 Å². The first-order chi connectivity index (χ1) is 16.4. The Bertz CT molecular complexity index is 1020. The van der Waals surface area contributed by atoms with Gasteiger partial charge in [0.05, 0.1) is 12.2 Å². The van der Waals surface area contributed by atoms with Crippen LogP contribution in [-0.2, 0) is 28.6 Å². The number of hydrogen-bond acceptors (Lipinski definition) is 7. The number of fused-ring (bicyclic) bond motifs is 7. The summed E-state index contributed by atoms with van der Waals surface area (Å²) >= 11 is 0. The van der Waals surface area contributed by atoms with Crippen LogP contribution in [0.5, 0.6) is 0 Å². The van der Waals surface area contributed by atoms with Gasteiger partial charge >= 0.3 is 5.97 Å². The molecule has 8 heteroatoms. The van der Waals surface area contributed by atoms with Gasteiger partial charge in [-0.2, -0.15) is 0 Å². The fourth-order valence-electron chi connectivity index (χ4n) is 8.17. The quantitative estimate of drug-likeness (QED) is 0.590. The number of carbonyl (C=O) groups is 3. The van der Waals surface area contributed by atoms with E-state index in [4.69, 9.17) is 14.2 Å². The molecule has 1 saturated heterocycles. The van der Waals surface area contributed by atoms with E-state index >= 15 is 4.39 Å². The summed E-state index contributed by atoms with van der Waals surface area (Å²) in [5, 5.41) is 11.5. The molecule has 0 radical (unpaired) electrons. The molecule has 5 rings (SSSR count). The van der Waals surface area contributed by atoms with E-state index in [1.54, 1.807) is 13.0 Å². The number of aliphatic hydroxyl groups excluding tert-OH is 1. The molecule has 0 spiro atoms. The number of alkyl halides is 1. The molecule has 5 aliphatic rings. The highest BCUT2D eigenvalue weighted by Gasteiger charge is 2.79. The van der Waals surface area contributed by atoms with Crippen LogP contribution in [0.2, 0.25) is 0 Å². The van der Waals surface area contributed by atoms with E-state index in [9.17, 15) is 19.5 Å². The Labute approximate surface area is 205 Å². The molecular weight excluding hydrogens is 455 g/mol. The summed E-state index contributed by atoms with van der Waals surface area (Å²) in [6.07, 6.45) is 4.75. The molecule has 192 valence electrons. The highest BCUT2D eigenvalue weighted by molar-refractivity contribution is 6.01. The van der Waals surface area contributed by atoms with Gasteiger partial charge in [0.2, 0.25) is 5.78 Å². The number of carbonyl (C=O) groups excluding carboxylic acids is 3. The molecule has 1 heterocycles. The van der Waals surface area contributed by atoms with Crippen LogP contribution in [-0.4, -0.2) is 59.0 Å². The first kappa shape index (κ1) is 24.8. The molecule has 9 atom stereocenters. The SMILES string of the molecule is CCCC1O[C@@H]2C[C@H]3[C@@H]4CCC5=CC(=O)C=C[C@]5(C)[C@@]4(F)[C@@H](O)C[C@]3(C)[C@]2(C(=O)COC(C)=O)O1. The van der Waals surface area contributed by atoms with Gasteiger partial charge in [-0.05, 0) is 57.1 Å². The Morgan fingerprint density at radius 3 is 2.71 bits per heavy atom. The average molecular weight is 491 g/mol. The molecule has 1 unspecified atom stereocenters. The standard InChI is InChI=1S/C27H35FO7/c1-5-6-23-34-22-12-19-18-8-7-16-11-17(30)9-10-24(16,3)26(18,28)20(31)13-25(19,4)27(22,35-23)21(32)14-33-15(2)29/h9-11,18-20,22-23,31H,5-8,12-14H2,1-4H3/t18-,19-,20-,22+,23?,24-,25-,26-,27+/m0/s1. The molecule has 0 aromatic heterocycles. The van der Waals surface area contributed by atoms with E-state index in [-0.39, 0.29) is 18.1 Å². The largest absolute Gasteiger partial charge is 0.458 e. The van der Waals surface area contributed by atoms with Crippen molar-refractivity contribution < 1.29 is 38.1 Å². The minimum atomic E-state index is -2.00. The monoisotopic (exact) mass is 490 g/mol. The van der Waals surface area contributed by atoms with Crippen LogP contribution in [0.15, 0.2) is 23.8 Å². The van der Waals surface area contributed by atoms with Crippen LogP contribution in [0.4, 0.5) is 4.39 Å². The van der Waals surface area contributed by atoms with Crippen molar-refractivity contribution in [2.75, 3.05) is 6.61 Å². The lowest BCUT2D eigenvalue weighted by Crippen LogP contribution is -2.69. The molecule has 4 aliphatic carbocycles. The molecule has 4 fully saturated rings. The summed E-state index contributed by atoms with van der Waals surface area (Å²) < 4.78 is 35.1. The van der Waals surface area contributed by atoms with Crippen molar-refractivity contribution in [2.45, 2.75) is 96.0 Å². The van der Waals surface area contributed by atoms with Gasteiger partial charge in [-0.3, -0.25) is 14.4 Å². The molecule has 3 saturated carbocycles. The number of halogens is 1. The minimum absolute atomic E-state index is 0.000159. The number of allylic oxidation sites excluding steroid dienone is 4. The fourth-order valence-corrected chi connectivity index (χ4v) is 8.17. The van der Waals surface area contributed by atoms with Crippen molar-refractivity contribution in [1.29, 1.82) is 0 Å². The topological polar surface area (TPSA) is 99.1 Å². The number of hydrogen-bond donors (Lipinski definition) is 1. The van der Waals surface area contributed by atoms with Crippen molar-refractivity contribution in [3.05, 3.63) is 23.8 Å². The van der Waals surface area contributed by atoms with Crippen LogP contribution in [0.1, 0.15) is 66.2 Å². The molecule has 1 N–H and O–H groups in total. The van der Waals surface area contributed by atoms with Crippen LogP contribution >= 0.6 is 0 Å². The first-order valence-electron chi connectivity index (χ1n) is 12.7. The maximum atomic E-state index is 17.3. The number of Topliss-reactive ketones (excluding diaryl/α,β-unsaturated/α-hetero) is 1. The van der Waals surface area contributed by atoms with E-state index in [1.165, 1.54) is 19.1 Å². The second-order valence-corrected chi connectivity index (χ2v) is 11.4. The predicted molar refractivity (Wildman–Crippen MR) is 123 cm³/mol. The highest BCUT2D eigenvalue weighted by atomic mass is 19.1. The van der Waals surface area contributed by atoms with Crippen molar-refractivity contribution in [1.82, 2.24) is 0 Å². The van der Waals surface area contributed by atoms with Gasteiger partial charge in [0.1, 0.15) is 0 Å². The zero-order chi connectivity index (χ0) is 25.4. The number of esters is 1. The number of rotatable bonds is 5. The number of aliphatic hydroxyl groups is 1. The molecular formula is C27H35FO7. The van der Waals surface area contributed by atoms with Gasteiger partial charge in [0.15, 0.2) is 29.9 Å². The van der Waals surface area contributed by atoms with Gasteiger partial charge in [0, 0.05) is 23.7 Å². The lowest BCUT2D eigenvalue weighted by molar-refractivity contribution is -0.231. The smallest absolute Gasteiger partial charge is 0.303 e. The molecule has 35 heavy (non-hydrogen) atoms. The Morgan fingerprint density at radius 2 is 2.03 bits per heavy atom. The highest BCUT2D eigenvalue weighted by Crippen LogP contribution is 2.71. The normalized spacial score (nSPS) is 47.9. The average Bonchev–Trinajstić information content (AvgIpc) is 3.26. The van der Waals surface area contributed by atoms with Crippen LogP contribution in [0, 0.1) is 22.7 Å². The minimum Gasteiger partial charge on any atom is -0.458 e. The van der Waals surface area contributed by atoms with Crippen LogP contribution in [0.25, 0.3) is 0 Å². The molecule has 0 amide bonds. The predicted octanol–water partition coefficient (Wildman–Crippen LogP) is 3.38.